The first-order valence-electron chi connectivity index (χ1n) is 6.94. The molecule has 0 atom stereocenters. The Bertz CT molecular complexity index is 984. The van der Waals surface area contributed by atoms with Crippen molar-refractivity contribution in [3.63, 3.8) is 0 Å². The minimum absolute atomic E-state index is 0.330. The number of pyridine rings is 1. The lowest BCUT2D eigenvalue weighted by Crippen LogP contribution is -2.22. The number of rotatable bonds is 5. The molecule has 7 heteroatoms. The molecule has 3 aromatic rings. The molecule has 1 aromatic carbocycles. The molecule has 1 N–H and O–H groups in total. The highest BCUT2D eigenvalue weighted by Gasteiger charge is 2.18. The Balaban J connectivity index is 2.15. The van der Waals surface area contributed by atoms with Crippen molar-refractivity contribution in [3.8, 4) is 0 Å². The van der Waals surface area contributed by atoms with Gasteiger partial charge in [-0.2, -0.15) is 0 Å². The van der Waals surface area contributed by atoms with Crippen LogP contribution in [0.4, 0.5) is 4.53 Å². The predicted octanol–water partition coefficient (Wildman–Crippen LogP) is 4.73. The number of fused-ring (bicyclic) bond motifs is 3. The van der Waals surface area contributed by atoms with E-state index in [9.17, 15) is 9.32 Å². The number of nitrogens with one attached hydrogen (secondary N) is 1. The molecule has 4 nitrogen and oxygen atoms in total. The van der Waals surface area contributed by atoms with Crippen molar-refractivity contribution < 1.29 is 14.3 Å². The average molecular weight is 363 g/mol. The van der Waals surface area contributed by atoms with Gasteiger partial charge < -0.3 is 5.32 Å². The maximum atomic E-state index is 11.8. The van der Waals surface area contributed by atoms with Crippen LogP contribution < -0.4 is 5.32 Å². The van der Waals surface area contributed by atoms with Gasteiger partial charge in [0.2, 0.25) is 0 Å². The second kappa shape index (κ2) is 6.59. The van der Waals surface area contributed by atoms with Crippen molar-refractivity contribution in [2.75, 3.05) is 6.54 Å². The van der Waals surface area contributed by atoms with Crippen molar-refractivity contribution in [1.82, 2.24) is 10.3 Å². The number of benzene rings is 1. The third-order valence-corrected chi connectivity index (χ3v) is 5.01. The zero-order valence-corrected chi connectivity index (χ0v) is 14.0. The van der Waals surface area contributed by atoms with Crippen LogP contribution in [0.25, 0.3) is 31.9 Å². The van der Waals surface area contributed by atoms with Gasteiger partial charge in [-0.1, -0.05) is 49.0 Å². The van der Waals surface area contributed by atoms with Gasteiger partial charge in [0.1, 0.15) is 11.7 Å². The van der Waals surface area contributed by atoms with E-state index >= 15 is 0 Å². The number of carbonyl (C=O) groups is 1. The second-order valence-electron chi connectivity index (χ2n) is 4.95. The van der Waals surface area contributed by atoms with E-state index < -0.39 is 5.97 Å². The molecule has 0 unspecified atom stereocenters. The third kappa shape index (κ3) is 2.74. The van der Waals surface area contributed by atoms with Crippen LogP contribution in [0.1, 0.15) is 11.3 Å². The smallest absolute Gasteiger partial charge is 0.367 e. The molecule has 24 heavy (non-hydrogen) atoms. The zero-order chi connectivity index (χ0) is 17.3. The fourth-order valence-electron chi connectivity index (χ4n) is 2.47. The number of nitrogens with zero attached hydrogens (tertiary/aromatic N) is 1. The molecule has 0 fully saturated rings. The first kappa shape index (κ1) is 16.4. The summed E-state index contributed by atoms with van der Waals surface area (Å²) in [6.07, 6.45) is 1.66. The fourth-order valence-corrected chi connectivity index (χ4v) is 4.05. The summed E-state index contributed by atoms with van der Waals surface area (Å²) >= 11 is 7.96. The Morgan fingerprint density at radius 1 is 1.46 bits per heavy atom. The van der Waals surface area contributed by atoms with Crippen LogP contribution in [0.15, 0.2) is 37.4 Å². The summed E-state index contributed by atoms with van der Waals surface area (Å²) in [6.45, 7) is 7.31. The molecule has 122 valence electrons. The first-order valence-corrected chi connectivity index (χ1v) is 8.14. The van der Waals surface area contributed by atoms with E-state index in [2.05, 4.69) is 28.4 Å². The molecule has 0 aliphatic rings. The summed E-state index contributed by atoms with van der Waals surface area (Å²) in [5, 5.41) is 4.88. The Morgan fingerprint density at radius 2 is 2.21 bits per heavy atom. The number of hydrogen-bond donors (Lipinski definition) is 1. The summed E-state index contributed by atoms with van der Waals surface area (Å²) in [4.78, 5) is 18.4. The molecular weight excluding hydrogens is 351 g/mol. The van der Waals surface area contributed by atoms with Crippen molar-refractivity contribution in [2.24, 2.45) is 0 Å². The molecular formula is C17H12ClFN2O2S. The lowest BCUT2D eigenvalue weighted by Gasteiger charge is -2.12. The first-order chi connectivity index (χ1) is 11.6. The van der Waals surface area contributed by atoms with E-state index in [0.29, 0.717) is 16.5 Å². The van der Waals surface area contributed by atoms with Crippen LogP contribution in [-0.2, 0) is 9.74 Å². The fraction of sp³-hybridized carbons (Fsp3) is 0.0588. The highest BCUT2D eigenvalue weighted by Crippen LogP contribution is 2.41. The maximum absolute atomic E-state index is 11.8. The molecule has 0 aliphatic carbocycles. The molecule has 0 spiro atoms. The topological polar surface area (TPSA) is 51.2 Å². The number of carbonyl (C=O) groups excluding carboxylic acids is 1. The van der Waals surface area contributed by atoms with E-state index in [0.717, 1.165) is 25.7 Å². The lowest BCUT2D eigenvalue weighted by atomic mass is 10.1. The van der Waals surface area contributed by atoms with E-state index in [4.69, 9.17) is 11.6 Å². The van der Waals surface area contributed by atoms with Crippen LogP contribution in [0.3, 0.4) is 0 Å². The van der Waals surface area contributed by atoms with E-state index in [1.54, 1.807) is 17.4 Å². The van der Waals surface area contributed by atoms with Gasteiger partial charge in [0, 0.05) is 30.3 Å². The predicted molar refractivity (Wildman–Crippen MR) is 96.5 cm³/mol. The van der Waals surface area contributed by atoms with Crippen molar-refractivity contribution in [2.45, 2.75) is 0 Å². The van der Waals surface area contributed by atoms with Gasteiger partial charge in [0.05, 0.1) is 11.4 Å². The van der Waals surface area contributed by atoms with E-state index in [1.165, 1.54) is 0 Å². The summed E-state index contributed by atoms with van der Waals surface area (Å²) < 4.78 is 13.8. The van der Waals surface area contributed by atoms with E-state index in [1.807, 2.05) is 24.3 Å². The largest absolute Gasteiger partial charge is 0.373 e. The van der Waals surface area contributed by atoms with Gasteiger partial charge in [-0.05, 0) is 6.07 Å². The lowest BCUT2D eigenvalue weighted by molar-refractivity contribution is -0.182. The monoisotopic (exact) mass is 362 g/mol. The van der Waals surface area contributed by atoms with Gasteiger partial charge >= 0.3 is 5.97 Å². The Labute approximate surface area is 146 Å². The number of aromatic nitrogens is 1. The summed E-state index contributed by atoms with van der Waals surface area (Å²) in [5.41, 5.74) is 1.54. The molecule has 2 heterocycles. The normalized spacial score (nSPS) is 10.8. The third-order valence-electron chi connectivity index (χ3n) is 3.53. The minimum Gasteiger partial charge on any atom is -0.373 e. The zero-order valence-electron chi connectivity index (χ0n) is 12.4. The van der Waals surface area contributed by atoms with Crippen LogP contribution in [0.2, 0.25) is 5.15 Å². The van der Waals surface area contributed by atoms with Crippen molar-refractivity contribution >= 4 is 60.9 Å². The van der Waals surface area contributed by atoms with Crippen LogP contribution >= 0.6 is 22.9 Å². The Morgan fingerprint density at radius 3 is 2.92 bits per heavy atom. The molecule has 3 rings (SSSR count). The second-order valence-corrected chi connectivity index (χ2v) is 6.36. The highest BCUT2D eigenvalue weighted by molar-refractivity contribution is 7.26. The molecule has 2 aromatic heterocycles. The number of hydrogen-bond acceptors (Lipinski definition) is 5. The average Bonchev–Trinajstić information content (AvgIpc) is 2.99. The molecule has 0 saturated heterocycles. The van der Waals surface area contributed by atoms with Crippen molar-refractivity contribution in [3.05, 3.63) is 53.8 Å². The molecule has 0 amide bonds. The summed E-state index contributed by atoms with van der Waals surface area (Å²) in [7, 11) is 0. The van der Waals surface area contributed by atoms with Crippen LogP contribution in [-0.4, -0.2) is 17.5 Å². The van der Waals surface area contributed by atoms with Crippen LogP contribution in [0.5, 0.6) is 0 Å². The summed E-state index contributed by atoms with van der Waals surface area (Å²) in [5.74, 6) is -1.05. The highest BCUT2D eigenvalue weighted by atomic mass is 35.5. The van der Waals surface area contributed by atoms with Gasteiger partial charge in [0.25, 0.3) is 0 Å². The minimum atomic E-state index is -1.05. The number of thiophene rings is 1. The van der Waals surface area contributed by atoms with Gasteiger partial charge in [-0.3, -0.25) is 4.94 Å². The van der Waals surface area contributed by atoms with Gasteiger partial charge in [0.15, 0.2) is 0 Å². The van der Waals surface area contributed by atoms with Crippen molar-refractivity contribution in [1.29, 1.82) is 0 Å². The Kier molecular flexibility index (Phi) is 4.51. The number of halogens is 2. The van der Waals surface area contributed by atoms with Crippen LogP contribution in [0, 0.1) is 0 Å². The Hall–Kier alpha value is -2.44. The quantitative estimate of drug-likeness (QED) is 0.666. The molecule has 0 bridgehead atoms. The molecule has 0 saturated carbocycles. The molecule has 0 aliphatic heterocycles. The van der Waals surface area contributed by atoms with Gasteiger partial charge in [-0.15, -0.1) is 11.3 Å². The van der Waals surface area contributed by atoms with E-state index in [-0.39, 0.29) is 6.54 Å². The summed E-state index contributed by atoms with van der Waals surface area (Å²) in [6, 6.07) is 7.89. The maximum Gasteiger partial charge on any atom is 0.367 e. The molecule has 0 radical (unpaired) electrons. The van der Waals surface area contributed by atoms with Gasteiger partial charge in [-0.25, -0.2) is 9.78 Å². The SMILES string of the molecule is C=Cc1c(C(=C)NCC(=O)OF)nc(Cl)c2c1sc1ccccc12. The standard InChI is InChI=1S/C17H12ClFN2O2S/c1-3-10-15(9(2)20-8-13(22)23-19)21-17(18)14-11-6-4-5-7-12(11)24-16(10)14/h3-7,20H,1-2,8H2.